The molecule has 2 heterocycles. The normalized spacial score (nSPS) is 14.4. The second kappa shape index (κ2) is 3.87. The van der Waals surface area contributed by atoms with Gasteiger partial charge in [-0.25, -0.2) is 0 Å². The van der Waals surface area contributed by atoms with E-state index in [9.17, 15) is 0 Å². The van der Waals surface area contributed by atoms with Crippen LogP contribution in [0.5, 0.6) is 5.75 Å². The molecule has 0 spiro atoms. The number of fused-ring (bicyclic) bond motifs is 2. The molecule has 0 N–H and O–H groups in total. The van der Waals surface area contributed by atoms with Crippen LogP contribution in [-0.4, -0.2) is 9.78 Å². The first-order valence-corrected chi connectivity index (χ1v) is 6.32. The fourth-order valence-electron chi connectivity index (χ4n) is 2.16. The van der Waals surface area contributed by atoms with Crippen molar-refractivity contribution in [3.8, 4) is 5.75 Å². The minimum absolute atomic E-state index is 0.0821. The Morgan fingerprint density at radius 2 is 2.00 bits per heavy atom. The second-order valence-electron chi connectivity index (χ2n) is 5.82. The highest BCUT2D eigenvalue weighted by atomic mass is 16.5. The van der Waals surface area contributed by atoms with E-state index < -0.39 is 0 Å². The first-order chi connectivity index (χ1) is 8.54. The Bertz CT molecular complexity index is 578. The van der Waals surface area contributed by atoms with Crippen LogP contribution in [0.3, 0.4) is 0 Å². The van der Waals surface area contributed by atoms with Crippen molar-refractivity contribution in [2.24, 2.45) is 0 Å². The Labute approximate surface area is 107 Å². The van der Waals surface area contributed by atoms with Crippen molar-refractivity contribution in [1.29, 1.82) is 0 Å². The summed E-state index contributed by atoms with van der Waals surface area (Å²) >= 11 is 0. The molecule has 0 fully saturated rings. The van der Waals surface area contributed by atoms with Crippen LogP contribution in [0.1, 0.15) is 37.7 Å². The van der Waals surface area contributed by atoms with Crippen molar-refractivity contribution < 1.29 is 4.74 Å². The van der Waals surface area contributed by atoms with Gasteiger partial charge in [-0.1, -0.05) is 39.0 Å². The maximum atomic E-state index is 5.84. The Kier molecular flexibility index (Phi) is 2.44. The van der Waals surface area contributed by atoms with Gasteiger partial charge in [0.25, 0.3) is 0 Å². The molecular weight excluding hydrogens is 224 g/mol. The molecule has 2 aromatic rings. The second-order valence-corrected chi connectivity index (χ2v) is 5.82. The van der Waals surface area contributed by atoms with Crippen LogP contribution in [0.15, 0.2) is 30.3 Å². The van der Waals surface area contributed by atoms with Gasteiger partial charge in [0.15, 0.2) is 0 Å². The minimum Gasteiger partial charge on any atom is -0.487 e. The lowest BCUT2D eigenvalue weighted by molar-refractivity contribution is 0.301. The zero-order valence-corrected chi connectivity index (χ0v) is 11.1. The Balaban J connectivity index is 2.02. The quantitative estimate of drug-likeness (QED) is 0.709. The fourth-order valence-corrected chi connectivity index (χ4v) is 2.16. The van der Waals surface area contributed by atoms with Gasteiger partial charge >= 0.3 is 0 Å². The molecule has 1 aliphatic rings. The molecule has 0 saturated carbocycles. The molecule has 0 atom stereocenters. The molecule has 3 heteroatoms. The van der Waals surface area contributed by atoms with E-state index in [0.29, 0.717) is 6.61 Å². The summed E-state index contributed by atoms with van der Waals surface area (Å²) in [5.41, 5.74) is 3.55. The van der Waals surface area contributed by atoms with Crippen molar-refractivity contribution in [2.75, 3.05) is 0 Å². The highest BCUT2D eigenvalue weighted by molar-refractivity contribution is 5.35. The lowest BCUT2D eigenvalue weighted by Crippen LogP contribution is -2.13. The molecule has 0 bridgehead atoms. The third kappa shape index (κ3) is 1.90. The van der Waals surface area contributed by atoms with Gasteiger partial charge in [-0.3, -0.25) is 4.68 Å². The van der Waals surface area contributed by atoms with Crippen LogP contribution in [-0.2, 0) is 18.6 Å². The number of nitrogens with zero attached hydrogens (tertiary/aromatic N) is 2. The number of aromatic nitrogens is 2. The van der Waals surface area contributed by atoms with E-state index in [1.54, 1.807) is 0 Å². The molecular formula is C15H18N2O. The zero-order chi connectivity index (χ0) is 12.8. The van der Waals surface area contributed by atoms with Crippen LogP contribution in [0, 0.1) is 0 Å². The smallest absolute Gasteiger partial charge is 0.130 e. The molecule has 1 aliphatic heterocycles. The maximum absolute atomic E-state index is 5.84. The molecule has 0 radical (unpaired) electrons. The Morgan fingerprint density at radius 1 is 1.22 bits per heavy atom. The van der Waals surface area contributed by atoms with Crippen molar-refractivity contribution in [3.05, 3.63) is 47.3 Å². The lowest BCUT2D eigenvalue weighted by Gasteiger charge is -2.14. The maximum Gasteiger partial charge on any atom is 0.130 e. The molecule has 3 rings (SSSR count). The van der Waals surface area contributed by atoms with Crippen LogP contribution in [0.4, 0.5) is 0 Å². The summed E-state index contributed by atoms with van der Waals surface area (Å²) in [5.74, 6) is 0.973. The van der Waals surface area contributed by atoms with Crippen LogP contribution >= 0.6 is 0 Å². The van der Waals surface area contributed by atoms with Crippen molar-refractivity contribution in [2.45, 2.75) is 39.3 Å². The highest BCUT2D eigenvalue weighted by Crippen LogP contribution is 2.27. The molecule has 0 unspecified atom stereocenters. The van der Waals surface area contributed by atoms with Gasteiger partial charge in [-0.2, -0.15) is 5.10 Å². The largest absolute Gasteiger partial charge is 0.487 e. The van der Waals surface area contributed by atoms with Gasteiger partial charge in [0.1, 0.15) is 12.4 Å². The minimum atomic E-state index is 0.0821. The van der Waals surface area contributed by atoms with Gasteiger partial charge < -0.3 is 4.74 Å². The zero-order valence-electron chi connectivity index (χ0n) is 11.1. The van der Waals surface area contributed by atoms with Gasteiger partial charge in [-0.05, 0) is 12.1 Å². The number of benzene rings is 1. The van der Waals surface area contributed by atoms with E-state index in [0.717, 1.165) is 23.7 Å². The summed E-state index contributed by atoms with van der Waals surface area (Å²) in [4.78, 5) is 0. The van der Waals surface area contributed by atoms with E-state index in [-0.39, 0.29) is 5.41 Å². The summed E-state index contributed by atoms with van der Waals surface area (Å²) in [6.07, 6.45) is 0. The van der Waals surface area contributed by atoms with Crippen LogP contribution in [0.25, 0.3) is 0 Å². The van der Waals surface area contributed by atoms with E-state index in [2.05, 4.69) is 37.6 Å². The monoisotopic (exact) mass is 242 g/mol. The number of ether oxygens (including phenoxy) is 1. The molecule has 0 amide bonds. The fraction of sp³-hybridized carbons (Fsp3) is 0.400. The number of rotatable bonds is 0. The van der Waals surface area contributed by atoms with Gasteiger partial charge in [0.05, 0.1) is 17.9 Å². The third-order valence-electron chi connectivity index (χ3n) is 3.30. The average Bonchev–Trinajstić information content (AvgIpc) is 2.64. The lowest BCUT2D eigenvalue weighted by atomic mass is 9.92. The van der Waals surface area contributed by atoms with E-state index >= 15 is 0 Å². The molecule has 0 saturated heterocycles. The number of hydrogen-bond donors (Lipinski definition) is 0. The first-order valence-electron chi connectivity index (χ1n) is 6.32. The van der Waals surface area contributed by atoms with Gasteiger partial charge in [-0.15, -0.1) is 0 Å². The standard InChI is InChI=1S/C15H18N2O/c1-15(2,3)14-8-12-10-18-13-7-5-4-6-11(13)9-17(12)16-14/h4-8H,9-10H2,1-3H3. The van der Waals surface area contributed by atoms with E-state index in [1.165, 1.54) is 5.56 Å². The van der Waals surface area contributed by atoms with Crippen LogP contribution in [0.2, 0.25) is 0 Å². The highest BCUT2D eigenvalue weighted by Gasteiger charge is 2.22. The summed E-state index contributed by atoms with van der Waals surface area (Å²) < 4.78 is 7.90. The van der Waals surface area contributed by atoms with Crippen molar-refractivity contribution in [3.63, 3.8) is 0 Å². The predicted molar refractivity (Wildman–Crippen MR) is 70.8 cm³/mol. The van der Waals surface area contributed by atoms with Crippen molar-refractivity contribution in [1.82, 2.24) is 9.78 Å². The summed E-state index contributed by atoms with van der Waals surface area (Å²) in [6, 6.07) is 10.3. The van der Waals surface area contributed by atoms with E-state index in [1.807, 2.05) is 18.2 Å². The van der Waals surface area contributed by atoms with Gasteiger partial charge in [0, 0.05) is 11.0 Å². The Hall–Kier alpha value is -1.77. The summed E-state index contributed by atoms with van der Waals surface area (Å²) in [5, 5.41) is 4.72. The number of para-hydroxylation sites is 1. The third-order valence-corrected chi connectivity index (χ3v) is 3.30. The molecule has 0 aliphatic carbocycles. The number of hydrogen-bond acceptors (Lipinski definition) is 2. The van der Waals surface area contributed by atoms with Crippen LogP contribution < -0.4 is 4.74 Å². The first kappa shape index (κ1) is 11.3. The molecule has 1 aromatic carbocycles. The Morgan fingerprint density at radius 3 is 2.78 bits per heavy atom. The molecule has 3 nitrogen and oxygen atoms in total. The van der Waals surface area contributed by atoms with E-state index in [4.69, 9.17) is 9.84 Å². The predicted octanol–water partition coefficient (Wildman–Crippen LogP) is 3.12. The van der Waals surface area contributed by atoms with Crippen molar-refractivity contribution >= 4 is 0 Å². The summed E-state index contributed by atoms with van der Waals surface area (Å²) in [6.45, 7) is 7.94. The van der Waals surface area contributed by atoms with Gasteiger partial charge in [0.2, 0.25) is 0 Å². The molecule has 94 valence electrons. The average molecular weight is 242 g/mol. The summed E-state index contributed by atoms with van der Waals surface area (Å²) in [7, 11) is 0. The molecule has 1 aromatic heterocycles. The SMILES string of the molecule is CC(C)(C)c1cc2n(n1)Cc1ccccc1OC2. The molecule has 18 heavy (non-hydrogen) atoms. The topological polar surface area (TPSA) is 27.1 Å².